The molecule has 0 unspecified atom stereocenters. The van der Waals surface area contributed by atoms with Gasteiger partial charge in [0.15, 0.2) is 5.82 Å². The summed E-state index contributed by atoms with van der Waals surface area (Å²) in [6, 6.07) is 9.99. The largest absolute Gasteiger partial charge is 0.309 e. The number of carbonyl (C=O) groups excluding carboxylic acids is 1. The number of hydrogen-bond donors (Lipinski definition) is 1. The summed E-state index contributed by atoms with van der Waals surface area (Å²) in [7, 11) is 0. The van der Waals surface area contributed by atoms with Crippen LogP contribution >= 0.6 is 0 Å². The number of amides is 1. The van der Waals surface area contributed by atoms with Gasteiger partial charge in [-0.3, -0.25) is 9.78 Å². The maximum Gasteiger partial charge on any atom is 0.226 e. The molecule has 0 aliphatic carbocycles. The number of imidazole rings is 1. The standard InChI is InChI=1S/C17H13FN4O/c18-12-1-3-13(4-2-12)22-10-20-17-16(22)14(9-15(23)21-17)11-5-7-19-8-6-11/h1-8,10,14H,9H2,(H,21,23)/t14-/m1/s1. The molecule has 0 spiro atoms. The highest BCUT2D eigenvalue weighted by atomic mass is 19.1. The molecule has 2 aromatic heterocycles. The van der Waals surface area contributed by atoms with Gasteiger partial charge in [-0.1, -0.05) is 0 Å². The summed E-state index contributed by atoms with van der Waals surface area (Å²) in [5.74, 6) is 0.0760. The second-order valence-corrected chi connectivity index (χ2v) is 5.41. The van der Waals surface area contributed by atoms with Crippen molar-refractivity contribution in [1.29, 1.82) is 0 Å². The predicted octanol–water partition coefficient (Wildman–Crippen LogP) is 2.88. The lowest BCUT2D eigenvalue weighted by Gasteiger charge is -2.24. The Labute approximate surface area is 131 Å². The number of benzene rings is 1. The first kappa shape index (κ1) is 13.6. The fraction of sp³-hybridized carbons (Fsp3) is 0.118. The minimum absolute atomic E-state index is 0.0660. The number of halogens is 1. The summed E-state index contributed by atoms with van der Waals surface area (Å²) in [5, 5.41) is 2.80. The van der Waals surface area contributed by atoms with Crippen molar-refractivity contribution in [3.05, 3.63) is 72.2 Å². The third-order valence-electron chi connectivity index (χ3n) is 4.00. The number of hydrogen-bond acceptors (Lipinski definition) is 3. The van der Waals surface area contributed by atoms with Gasteiger partial charge in [0.1, 0.15) is 12.1 Å². The van der Waals surface area contributed by atoms with Gasteiger partial charge in [-0.15, -0.1) is 0 Å². The molecular formula is C17H13FN4O. The molecular weight excluding hydrogens is 295 g/mol. The lowest BCUT2D eigenvalue weighted by atomic mass is 9.90. The van der Waals surface area contributed by atoms with Crippen LogP contribution in [0.3, 0.4) is 0 Å². The van der Waals surface area contributed by atoms with E-state index in [2.05, 4.69) is 15.3 Å². The van der Waals surface area contributed by atoms with E-state index < -0.39 is 0 Å². The average Bonchev–Trinajstić information content (AvgIpc) is 2.99. The first-order chi connectivity index (χ1) is 11.2. The topological polar surface area (TPSA) is 59.8 Å². The van der Waals surface area contributed by atoms with Gasteiger partial charge in [0.05, 0.1) is 5.69 Å². The zero-order valence-electron chi connectivity index (χ0n) is 12.1. The zero-order chi connectivity index (χ0) is 15.8. The molecule has 0 fully saturated rings. The highest BCUT2D eigenvalue weighted by molar-refractivity contribution is 5.94. The fourth-order valence-electron chi connectivity index (χ4n) is 2.93. The van der Waals surface area contributed by atoms with Gasteiger partial charge >= 0.3 is 0 Å². The van der Waals surface area contributed by atoms with Crippen molar-refractivity contribution in [2.75, 3.05) is 5.32 Å². The smallest absolute Gasteiger partial charge is 0.226 e. The van der Waals surface area contributed by atoms with E-state index in [1.165, 1.54) is 12.1 Å². The highest BCUT2D eigenvalue weighted by Crippen LogP contribution is 2.37. The van der Waals surface area contributed by atoms with Crippen LogP contribution in [0.2, 0.25) is 0 Å². The summed E-state index contributed by atoms with van der Waals surface area (Å²) >= 11 is 0. The Morgan fingerprint density at radius 2 is 1.87 bits per heavy atom. The van der Waals surface area contributed by atoms with Crippen LogP contribution in [0, 0.1) is 5.82 Å². The lowest BCUT2D eigenvalue weighted by molar-refractivity contribution is -0.116. The van der Waals surface area contributed by atoms with E-state index in [9.17, 15) is 9.18 Å². The number of rotatable bonds is 2. The normalized spacial score (nSPS) is 16.7. The fourth-order valence-corrected chi connectivity index (χ4v) is 2.93. The van der Waals surface area contributed by atoms with Crippen molar-refractivity contribution in [2.24, 2.45) is 0 Å². The quantitative estimate of drug-likeness (QED) is 0.792. The molecule has 1 amide bonds. The summed E-state index contributed by atoms with van der Waals surface area (Å²) in [6.07, 6.45) is 5.40. The van der Waals surface area contributed by atoms with E-state index in [0.29, 0.717) is 12.2 Å². The van der Waals surface area contributed by atoms with Crippen LogP contribution in [0.4, 0.5) is 10.2 Å². The van der Waals surface area contributed by atoms with Crippen LogP contribution in [0.5, 0.6) is 0 Å². The van der Waals surface area contributed by atoms with Crippen molar-refractivity contribution in [1.82, 2.24) is 14.5 Å². The van der Waals surface area contributed by atoms with Crippen molar-refractivity contribution in [3.8, 4) is 5.69 Å². The van der Waals surface area contributed by atoms with Crippen LogP contribution in [0.15, 0.2) is 55.1 Å². The SMILES string of the molecule is O=C1C[C@H](c2ccncc2)c2c(ncn2-c2ccc(F)cc2)N1. The summed E-state index contributed by atoms with van der Waals surface area (Å²) in [4.78, 5) is 20.3. The van der Waals surface area contributed by atoms with E-state index in [1.807, 2.05) is 16.7 Å². The predicted molar refractivity (Wildman–Crippen MR) is 82.8 cm³/mol. The Balaban J connectivity index is 1.86. The lowest BCUT2D eigenvalue weighted by Crippen LogP contribution is -2.25. The molecule has 1 atom stereocenters. The summed E-state index contributed by atoms with van der Waals surface area (Å²) in [5.41, 5.74) is 2.69. The maximum atomic E-state index is 13.2. The monoisotopic (exact) mass is 308 g/mol. The van der Waals surface area contributed by atoms with Crippen molar-refractivity contribution in [3.63, 3.8) is 0 Å². The molecule has 0 saturated heterocycles. The molecule has 114 valence electrons. The molecule has 1 aliphatic heterocycles. The number of anilines is 1. The zero-order valence-corrected chi connectivity index (χ0v) is 12.1. The first-order valence-electron chi connectivity index (χ1n) is 7.25. The molecule has 3 aromatic rings. The van der Waals surface area contributed by atoms with E-state index >= 15 is 0 Å². The van der Waals surface area contributed by atoms with E-state index in [0.717, 1.165) is 16.9 Å². The molecule has 23 heavy (non-hydrogen) atoms. The van der Waals surface area contributed by atoms with Crippen LogP contribution in [-0.4, -0.2) is 20.4 Å². The molecule has 6 heteroatoms. The molecule has 1 N–H and O–H groups in total. The molecule has 1 aromatic carbocycles. The Kier molecular flexibility index (Phi) is 3.15. The Bertz CT molecular complexity index is 858. The summed E-state index contributed by atoms with van der Waals surface area (Å²) < 4.78 is 15.1. The van der Waals surface area contributed by atoms with Gasteiger partial charge in [-0.25, -0.2) is 9.37 Å². The second kappa shape index (κ2) is 5.31. The number of pyridine rings is 1. The second-order valence-electron chi connectivity index (χ2n) is 5.41. The van der Waals surface area contributed by atoms with Gasteiger partial charge < -0.3 is 9.88 Å². The number of fused-ring (bicyclic) bond motifs is 1. The average molecular weight is 308 g/mol. The molecule has 4 rings (SSSR count). The van der Waals surface area contributed by atoms with Gasteiger partial charge in [0, 0.05) is 30.4 Å². The van der Waals surface area contributed by atoms with Gasteiger partial charge in [-0.2, -0.15) is 0 Å². The number of carbonyl (C=O) groups is 1. The molecule has 3 heterocycles. The third-order valence-corrected chi connectivity index (χ3v) is 4.00. The van der Waals surface area contributed by atoms with Gasteiger partial charge in [-0.05, 0) is 42.0 Å². The number of nitrogens with one attached hydrogen (secondary N) is 1. The number of nitrogens with zero attached hydrogens (tertiary/aromatic N) is 3. The third kappa shape index (κ3) is 2.38. The Hall–Kier alpha value is -3.02. The highest BCUT2D eigenvalue weighted by Gasteiger charge is 2.31. The maximum absolute atomic E-state index is 13.2. The summed E-state index contributed by atoms with van der Waals surface area (Å²) in [6.45, 7) is 0. The van der Waals surface area contributed by atoms with Gasteiger partial charge in [0.2, 0.25) is 5.91 Å². The van der Waals surface area contributed by atoms with Crippen LogP contribution in [-0.2, 0) is 4.79 Å². The van der Waals surface area contributed by atoms with Crippen LogP contribution in [0.25, 0.3) is 5.69 Å². The van der Waals surface area contributed by atoms with Crippen molar-refractivity contribution < 1.29 is 9.18 Å². The Morgan fingerprint density at radius 3 is 2.61 bits per heavy atom. The minimum atomic E-state index is -0.290. The van der Waals surface area contributed by atoms with Gasteiger partial charge in [0.25, 0.3) is 0 Å². The minimum Gasteiger partial charge on any atom is -0.309 e. The van der Waals surface area contributed by atoms with Crippen molar-refractivity contribution >= 4 is 11.7 Å². The van der Waals surface area contributed by atoms with E-state index in [1.54, 1.807) is 30.9 Å². The Morgan fingerprint density at radius 1 is 1.13 bits per heavy atom. The number of aromatic nitrogens is 3. The van der Waals surface area contributed by atoms with E-state index in [4.69, 9.17) is 0 Å². The van der Waals surface area contributed by atoms with Crippen LogP contribution < -0.4 is 5.32 Å². The van der Waals surface area contributed by atoms with Crippen LogP contribution in [0.1, 0.15) is 23.6 Å². The van der Waals surface area contributed by atoms with E-state index in [-0.39, 0.29) is 17.6 Å². The molecule has 1 aliphatic rings. The molecule has 0 bridgehead atoms. The van der Waals surface area contributed by atoms with Crippen molar-refractivity contribution in [2.45, 2.75) is 12.3 Å². The molecule has 0 saturated carbocycles. The first-order valence-corrected chi connectivity index (χ1v) is 7.25. The molecule has 5 nitrogen and oxygen atoms in total. The molecule has 0 radical (unpaired) electrons.